The first kappa shape index (κ1) is 17.4. The minimum absolute atomic E-state index is 0.211. The maximum Gasteiger partial charge on any atom is 0.270 e. The number of aromatic nitrogens is 3. The molecule has 2 heterocycles. The van der Waals surface area contributed by atoms with Crippen molar-refractivity contribution >= 4 is 32.9 Å². The summed E-state index contributed by atoms with van der Waals surface area (Å²) in [6.07, 6.45) is 1.61. The van der Waals surface area contributed by atoms with Gasteiger partial charge in [0.05, 0.1) is 17.6 Å². The zero-order chi connectivity index (χ0) is 18.6. The number of hydrogen-bond donors (Lipinski definition) is 1. The molecule has 0 saturated carbocycles. The van der Waals surface area contributed by atoms with E-state index in [1.54, 1.807) is 24.4 Å². The summed E-state index contributed by atoms with van der Waals surface area (Å²) < 4.78 is 3.17. The van der Waals surface area contributed by atoms with Gasteiger partial charge in [-0.2, -0.15) is 0 Å². The van der Waals surface area contributed by atoms with Crippen LogP contribution in [0.4, 0.5) is 0 Å². The van der Waals surface area contributed by atoms with Crippen molar-refractivity contribution in [3.8, 4) is 0 Å². The molecule has 27 heavy (non-hydrogen) atoms. The Kier molecular flexibility index (Phi) is 4.98. The van der Waals surface area contributed by atoms with Gasteiger partial charge in [-0.15, -0.1) is 0 Å². The van der Waals surface area contributed by atoms with Crippen molar-refractivity contribution in [2.45, 2.75) is 13.1 Å². The van der Waals surface area contributed by atoms with Crippen molar-refractivity contribution in [3.05, 3.63) is 94.5 Å². The fourth-order valence-electron chi connectivity index (χ4n) is 3.00. The van der Waals surface area contributed by atoms with Crippen LogP contribution in [0, 0.1) is 0 Å². The summed E-state index contributed by atoms with van der Waals surface area (Å²) >= 11 is 3.52. The fourth-order valence-corrected chi connectivity index (χ4v) is 3.45. The zero-order valence-corrected chi connectivity index (χ0v) is 16.1. The number of imidazole rings is 1. The van der Waals surface area contributed by atoms with Gasteiger partial charge < -0.3 is 9.88 Å². The molecule has 6 heteroatoms. The van der Waals surface area contributed by atoms with Gasteiger partial charge in [-0.1, -0.05) is 46.3 Å². The number of benzene rings is 2. The first-order valence-corrected chi connectivity index (χ1v) is 9.38. The van der Waals surface area contributed by atoms with Crippen LogP contribution >= 0.6 is 15.9 Å². The Bertz CT molecular complexity index is 1090. The summed E-state index contributed by atoms with van der Waals surface area (Å²) in [4.78, 5) is 21.1. The molecule has 2 aromatic heterocycles. The largest absolute Gasteiger partial charge is 0.343 e. The molecular formula is C21H17BrN4O. The topological polar surface area (TPSA) is 59.8 Å². The molecule has 0 bridgehead atoms. The number of carbonyl (C=O) groups excluding carboxylic acids is 1. The zero-order valence-electron chi connectivity index (χ0n) is 14.5. The van der Waals surface area contributed by atoms with E-state index in [-0.39, 0.29) is 5.91 Å². The minimum atomic E-state index is -0.211. The van der Waals surface area contributed by atoms with E-state index in [0.29, 0.717) is 18.8 Å². The summed E-state index contributed by atoms with van der Waals surface area (Å²) in [6, 6.07) is 21.5. The molecule has 1 N–H and O–H groups in total. The smallest absolute Gasteiger partial charge is 0.270 e. The predicted octanol–water partition coefficient (Wildman–Crippen LogP) is 4.17. The van der Waals surface area contributed by atoms with E-state index in [1.165, 1.54) is 0 Å². The van der Waals surface area contributed by atoms with Crippen molar-refractivity contribution in [1.29, 1.82) is 0 Å². The van der Waals surface area contributed by atoms with Crippen LogP contribution in [-0.4, -0.2) is 20.4 Å². The number of nitrogens with zero attached hydrogens (tertiary/aromatic N) is 3. The van der Waals surface area contributed by atoms with E-state index in [1.807, 2.05) is 36.4 Å². The Labute approximate surface area is 165 Å². The van der Waals surface area contributed by atoms with Gasteiger partial charge in [0, 0.05) is 17.2 Å². The standard InChI is InChI=1S/C21H17BrN4O/c22-16-7-5-6-15(12-16)14-26-19-10-2-1-8-17(19)25-20(26)13-24-21(27)18-9-3-4-11-23-18/h1-12H,13-14H2,(H,24,27). The number of rotatable bonds is 5. The molecule has 0 saturated heterocycles. The Hall–Kier alpha value is -2.99. The molecule has 1 amide bonds. The highest BCUT2D eigenvalue weighted by atomic mass is 79.9. The first-order chi connectivity index (χ1) is 13.2. The Morgan fingerprint density at radius 1 is 1.04 bits per heavy atom. The third-order valence-corrected chi connectivity index (χ3v) is 4.76. The quantitative estimate of drug-likeness (QED) is 0.526. The van der Waals surface area contributed by atoms with Gasteiger partial charge in [0.2, 0.25) is 0 Å². The summed E-state index contributed by atoms with van der Waals surface area (Å²) in [5.74, 6) is 0.595. The highest BCUT2D eigenvalue weighted by Gasteiger charge is 2.13. The van der Waals surface area contributed by atoms with Gasteiger partial charge in [0.25, 0.3) is 5.91 Å². The summed E-state index contributed by atoms with van der Waals surface area (Å²) in [6.45, 7) is 1.01. The summed E-state index contributed by atoms with van der Waals surface area (Å²) in [7, 11) is 0. The highest BCUT2D eigenvalue weighted by Crippen LogP contribution is 2.19. The van der Waals surface area contributed by atoms with Crippen LogP contribution in [0.3, 0.4) is 0 Å². The average Bonchev–Trinajstić information content (AvgIpc) is 3.04. The number of halogens is 1. The van der Waals surface area contributed by atoms with E-state index < -0.39 is 0 Å². The summed E-state index contributed by atoms with van der Waals surface area (Å²) in [5, 5.41) is 2.92. The number of hydrogen-bond acceptors (Lipinski definition) is 3. The molecule has 0 aliphatic rings. The Morgan fingerprint density at radius 2 is 1.89 bits per heavy atom. The second-order valence-corrected chi connectivity index (χ2v) is 7.05. The molecule has 0 aliphatic heterocycles. The molecular weight excluding hydrogens is 404 g/mol. The Balaban J connectivity index is 1.63. The maximum atomic E-state index is 12.3. The molecule has 0 aliphatic carbocycles. The van der Waals surface area contributed by atoms with Crippen molar-refractivity contribution in [3.63, 3.8) is 0 Å². The molecule has 0 fully saturated rings. The SMILES string of the molecule is O=C(NCc1nc2ccccc2n1Cc1cccc(Br)c1)c1ccccn1. The lowest BCUT2D eigenvalue weighted by atomic mass is 10.2. The highest BCUT2D eigenvalue weighted by molar-refractivity contribution is 9.10. The van der Waals surface area contributed by atoms with Gasteiger partial charge in [0.15, 0.2) is 0 Å². The predicted molar refractivity (Wildman–Crippen MR) is 108 cm³/mol. The molecule has 134 valence electrons. The van der Waals surface area contributed by atoms with E-state index in [2.05, 4.69) is 42.9 Å². The van der Waals surface area contributed by atoms with Crippen molar-refractivity contribution in [2.75, 3.05) is 0 Å². The van der Waals surface area contributed by atoms with Gasteiger partial charge in [0.1, 0.15) is 11.5 Å². The van der Waals surface area contributed by atoms with E-state index in [9.17, 15) is 4.79 Å². The number of carbonyl (C=O) groups is 1. The van der Waals surface area contributed by atoms with E-state index in [4.69, 9.17) is 4.98 Å². The number of para-hydroxylation sites is 2. The molecule has 2 aromatic carbocycles. The van der Waals surface area contributed by atoms with Gasteiger partial charge in [-0.05, 0) is 42.0 Å². The minimum Gasteiger partial charge on any atom is -0.343 e. The second kappa shape index (κ2) is 7.72. The molecule has 0 unspecified atom stereocenters. The third kappa shape index (κ3) is 3.90. The molecule has 5 nitrogen and oxygen atoms in total. The van der Waals surface area contributed by atoms with Crippen molar-refractivity contribution in [1.82, 2.24) is 19.9 Å². The van der Waals surface area contributed by atoms with Crippen LogP contribution < -0.4 is 5.32 Å². The number of pyridine rings is 1. The van der Waals surface area contributed by atoms with Gasteiger partial charge >= 0.3 is 0 Å². The van der Waals surface area contributed by atoms with Crippen LogP contribution in [0.5, 0.6) is 0 Å². The number of nitrogens with one attached hydrogen (secondary N) is 1. The fraction of sp³-hybridized carbons (Fsp3) is 0.0952. The van der Waals surface area contributed by atoms with Crippen LogP contribution in [-0.2, 0) is 13.1 Å². The lowest BCUT2D eigenvalue weighted by Gasteiger charge is -2.11. The van der Waals surface area contributed by atoms with Crippen molar-refractivity contribution < 1.29 is 4.79 Å². The monoisotopic (exact) mass is 420 g/mol. The molecule has 0 radical (unpaired) electrons. The van der Waals surface area contributed by atoms with E-state index >= 15 is 0 Å². The maximum absolute atomic E-state index is 12.3. The van der Waals surface area contributed by atoms with E-state index in [0.717, 1.165) is 26.9 Å². The number of amides is 1. The summed E-state index contributed by atoms with van der Waals surface area (Å²) in [5.41, 5.74) is 3.51. The third-order valence-electron chi connectivity index (χ3n) is 4.27. The number of fused-ring (bicyclic) bond motifs is 1. The lowest BCUT2D eigenvalue weighted by Crippen LogP contribution is -2.25. The van der Waals surface area contributed by atoms with Crippen molar-refractivity contribution in [2.24, 2.45) is 0 Å². The molecule has 4 aromatic rings. The lowest BCUT2D eigenvalue weighted by molar-refractivity contribution is 0.0944. The normalized spacial score (nSPS) is 10.9. The van der Waals surface area contributed by atoms with Gasteiger partial charge in [-0.3, -0.25) is 9.78 Å². The first-order valence-electron chi connectivity index (χ1n) is 8.58. The molecule has 4 rings (SSSR count). The second-order valence-electron chi connectivity index (χ2n) is 6.13. The molecule has 0 atom stereocenters. The Morgan fingerprint density at radius 3 is 2.70 bits per heavy atom. The van der Waals surface area contributed by atoms with Crippen LogP contribution in [0.25, 0.3) is 11.0 Å². The van der Waals surface area contributed by atoms with Gasteiger partial charge in [-0.25, -0.2) is 4.98 Å². The molecule has 0 spiro atoms. The van der Waals surface area contributed by atoms with Crippen LogP contribution in [0.1, 0.15) is 21.9 Å². The van der Waals surface area contributed by atoms with Crippen LogP contribution in [0.15, 0.2) is 77.4 Å². The average molecular weight is 421 g/mol. The van der Waals surface area contributed by atoms with Crippen LogP contribution in [0.2, 0.25) is 0 Å².